The van der Waals surface area contributed by atoms with Crippen LogP contribution in [0.2, 0.25) is 0 Å². The smallest absolute Gasteiger partial charge is 0.191 e. The van der Waals surface area contributed by atoms with Crippen LogP contribution in [-0.2, 0) is 16.4 Å². The summed E-state index contributed by atoms with van der Waals surface area (Å²) in [6.07, 6.45) is 0.646. The van der Waals surface area contributed by atoms with Crippen LogP contribution in [0.25, 0.3) is 0 Å². The number of rotatable bonds is 3. The molecule has 5 nitrogen and oxygen atoms in total. The minimum Gasteiger partial charge on any atom is -0.353 e. The molecule has 1 aromatic rings. The van der Waals surface area contributed by atoms with Crippen LogP contribution in [0.1, 0.15) is 11.3 Å². The topological polar surface area (TPSA) is 70.6 Å². The number of guanidine groups is 1. The van der Waals surface area contributed by atoms with E-state index in [1.807, 2.05) is 11.4 Å². The molecule has 0 bridgehead atoms. The lowest BCUT2D eigenvalue weighted by atomic mass is 10.3. The molecule has 2 rings (SSSR count). The predicted molar refractivity (Wildman–Crippen MR) is 82.4 cm³/mol. The number of hydrogen-bond donors (Lipinski definition) is 2. The van der Waals surface area contributed by atoms with Gasteiger partial charge in [0.2, 0.25) is 0 Å². The van der Waals surface area contributed by atoms with Crippen molar-refractivity contribution >= 4 is 43.1 Å². The van der Waals surface area contributed by atoms with E-state index in [1.165, 1.54) is 4.88 Å². The molecule has 1 aromatic heterocycles. The van der Waals surface area contributed by atoms with E-state index < -0.39 is 9.84 Å². The van der Waals surface area contributed by atoms with Gasteiger partial charge in [-0.2, -0.15) is 0 Å². The maximum Gasteiger partial charge on any atom is 0.191 e. The second kappa shape index (κ2) is 6.23. The molecular formula is C11H16BrN3O2S2. The Hall–Kier alpha value is -0.600. The molecule has 2 heterocycles. The molecule has 1 aliphatic heterocycles. The standard InChI is InChI=1S/C11H16BrN3O2S2/c1-13-11(14-5-10-4-8(12)6-18-10)15-9-2-3-19(16,17)7-9/h4,6,9H,2-3,5,7H2,1H3,(H2,13,14,15). The zero-order valence-electron chi connectivity index (χ0n) is 10.5. The third-order valence-corrected chi connectivity index (χ3v) is 6.31. The van der Waals surface area contributed by atoms with Crippen molar-refractivity contribution in [2.24, 2.45) is 4.99 Å². The lowest BCUT2D eigenvalue weighted by molar-refractivity contribution is 0.599. The maximum atomic E-state index is 11.4. The Bertz CT molecular complexity index is 568. The summed E-state index contributed by atoms with van der Waals surface area (Å²) in [4.78, 5) is 5.30. The van der Waals surface area contributed by atoms with Gasteiger partial charge in [-0.05, 0) is 28.4 Å². The van der Waals surface area contributed by atoms with E-state index in [9.17, 15) is 8.42 Å². The first-order chi connectivity index (χ1) is 8.98. The minimum absolute atomic E-state index is 0.0359. The lowest BCUT2D eigenvalue weighted by Gasteiger charge is -2.15. The molecule has 1 saturated heterocycles. The Morgan fingerprint density at radius 1 is 1.63 bits per heavy atom. The van der Waals surface area contributed by atoms with E-state index in [4.69, 9.17) is 0 Å². The van der Waals surface area contributed by atoms with Crippen LogP contribution in [-0.4, -0.2) is 39.0 Å². The summed E-state index contributed by atoms with van der Waals surface area (Å²) >= 11 is 5.07. The fraction of sp³-hybridized carbons (Fsp3) is 0.545. The summed E-state index contributed by atoms with van der Waals surface area (Å²) < 4.78 is 23.8. The highest BCUT2D eigenvalue weighted by molar-refractivity contribution is 9.10. The van der Waals surface area contributed by atoms with Crippen molar-refractivity contribution in [1.82, 2.24) is 10.6 Å². The third kappa shape index (κ3) is 4.47. The Kier molecular flexibility index (Phi) is 4.86. The predicted octanol–water partition coefficient (Wildman–Crippen LogP) is 1.36. The quantitative estimate of drug-likeness (QED) is 0.626. The van der Waals surface area contributed by atoms with Crippen LogP contribution in [0.3, 0.4) is 0 Å². The Balaban J connectivity index is 1.84. The molecule has 0 aliphatic carbocycles. The van der Waals surface area contributed by atoms with Gasteiger partial charge in [0.25, 0.3) is 0 Å². The van der Waals surface area contributed by atoms with Gasteiger partial charge in [0.1, 0.15) is 0 Å². The van der Waals surface area contributed by atoms with E-state index in [-0.39, 0.29) is 17.5 Å². The van der Waals surface area contributed by atoms with E-state index in [2.05, 4.69) is 31.6 Å². The van der Waals surface area contributed by atoms with E-state index in [1.54, 1.807) is 18.4 Å². The fourth-order valence-electron chi connectivity index (χ4n) is 1.91. The summed E-state index contributed by atoms with van der Waals surface area (Å²) in [5.41, 5.74) is 0. The third-order valence-electron chi connectivity index (χ3n) is 2.85. The molecule has 2 N–H and O–H groups in total. The van der Waals surface area contributed by atoms with Crippen LogP contribution in [0, 0.1) is 0 Å². The van der Waals surface area contributed by atoms with Crippen LogP contribution in [0.4, 0.5) is 0 Å². The van der Waals surface area contributed by atoms with Crippen LogP contribution in [0.5, 0.6) is 0 Å². The molecule has 0 saturated carbocycles. The molecule has 1 atom stereocenters. The number of sulfone groups is 1. The molecule has 106 valence electrons. The van der Waals surface area contributed by atoms with E-state index >= 15 is 0 Å². The van der Waals surface area contributed by atoms with Gasteiger partial charge >= 0.3 is 0 Å². The highest BCUT2D eigenvalue weighted by Crippen LogP contribution is 2.19. The molecular weight excluding hydrogens is 350 g/mol. The van der Waals surface area contributed by atoms with Gasteiger partial charge in [0.15, 0.2) is 15.8 Å². The Morgan fingerprint density at radius 3 is 2.95 bits per heavy atom. The van der Waals surface area contributed by atoms with Gasteiger partial charge in [-0.1, -0.05) is 0 Å². The van der Waals surface area contributed by atoms with Crippen molar-refractivity contribution in [2.75, 3.05) is 18.6 Å². The molecule has 1 aliphatic rings. The number of aliphatic imine (C=N–C) groups is 1. The van der Waals surface area contributed by atoms with Crippen LogP contribution >= 0.6 is 27.3 Å². The molecule has 0 amide bonds. The first-order valence-corrected chi connectivity index (χ1v) is 9.38. The molecule has 19 heavy (non-hydrogen) atoms. The number of nitrogens with one attached hydrogen (secondary N) is 2. The zero-order valence-corrected chi connectivity index (χ0v) is 13.7. The minimum atomic E-state index is -2.86. The molecule has 1 unspecified atom stereocenters. The SMILES string of the molecule is CN=C(NCc1cc(Br)cs1)NC1CCS(=O)(=O)C1. The maximum absolute atomic E-state index is 11.4. The summed E-state index contributed by atoms with van der Waals surface area (Å²) in [6.45, 7) is 0.676. The van der Waals surface area contributed by atoms with Gasteiger partial charge in [-0.15, -0.1) is 11.3 Å². The Morgan fingerprint density at radius 2 is 2.42 bits per heavy atom. The van der Waals surface area contributed by atoms with Gasteiger partial charge < -0.3 is 10.6 Å². The first-order valence-electron chi connectivity index (χ1n) is 5.89. The van der Waals surface area contributed by atoms with Gasteiger partial charge in [0, 0.05) is 27.8 Å². The highest BCUT2D eigenvalue weighted by atomic mass is 79.9. The fourth-order valence-corrected chi connectivity index (χ4v) is 4.98. The second-order valence-corrected chi connectivity index (χ2v) is 8.54. The molecule has 0 radical (unpaired) electrons. The summed E-state index contributed by atoms with van der Waals surface area (Å²) in [6, 6.07) is 2.01. The summed E-state index contributed by atoms with van der Waals surface area (Å²) in [5.74, 6) is 1.10. The normalized spacial score (nSPS) is 22.4. The molecule has 1 fully saturated rings. The summed E-state index contributed by atoms with van der Waals surface area (Å²) in [7, 11) is -1.18. The average Bonchev–Trinajstić information content (AvgIpc) is 2.90. The molecule has 8 heteroatoms. The number of halogens is 1. The molecule has 0 aromatic carbocycles. The largest absolute Gasteiger partial charge is 0.353 e. The van der Waals surface area contributed by atoms with Crippen molar-refractivity contribution in [1.29, 1.82) is 0 Å². The van der Waals surface area contributed by atoms with Gasteiger partial charge in [-0.25, -0.2) is 8.42 Å². The summed E-state index contributed by atoms with van der Waals surface area (Å²) in [5, 5.41) is 8.36. The van der Waals surface area contributed by atoms with E-state index in [0.29, 0.717) is 18.9 Å². The lowest BCUT2D eigenvalue weighted by Crippen LogP contribution is -2.43. The second-order valence-electron chi connectivity index (χ2n) is 4.40. The Labute approximate surface area is 125 Å². The van der Waals surface area contributed by atoms with Crippen LogP contribution in [0.15, 0.2) is 20.9 Å². The number of nitrogens with zero attached hydrogens (tertiary/aromatic N) is 1. The van der Waals surface area contributed by atoms with Crippen molar-refractivity contribution < 1.29 is 8.42 Å². The highest BCUT2D eigenvalue weighted by Gasteiger charge is 2.28. The van der Waals surface area contributed by atoms with Crippen LogP contribution < -0.4 is 10.6 Å². The average molecular weight is 366 g/mol. The number of hydrogen-bond acceptors (Lipinski definition) is 4. The molecule has 0 spiro atoms. The van der Waals surface area contributed by atoms with Crippen molar-refractivity contribution in [3.8, 4) is 0 Å². The monoisotopic (exact) mass is 365 g/mol. The van der Waals surface area contributed by atoms with Gasteiger partial charge in [0.05, 0.1) is 18.1 Å². The zero-order chi connectivity index (χ0) is 13.9. The van der Waals surface area contributed by atoms with Gasteiger partial charge in [-0.3, -0.25) is 4.99 Å². The van der Waals surface area contributed by atoms with Crippen molar-refractivity contribution in [3.63, 3.8) is 0 Å². The number of thiophene rings is 1. The van der Waals surface area contributed by atoms with Crippen molar-refractivity contribution in [3.05, 3.63) is 20.8 Å². The van der Waals surface area contributed by atoms with Crippen molar-refractivity contribution in [2.45, 2.75) is 19.0 Å². The first kappa shape index (κ1) is 14.8. The van der Waals surface area contributed by atoms with E-state index in [0.717, 1.165) is 4.47 Å².